The number of ether oxygens (including phenoxy) is 2. The van der Waals surface area contributed by atoms with E-state index in [0.29, 0.717) is 34.5 Å². The highest BCUT2D eigenvalue weighted by Crippen LogP contribution is 2.22. The number of nitrogens with one attached hydrogen (secondary N) is 2. The first kappa shape index (κ1) is 22.5. The average molecular weight is 458 g/mol. The van der Waals surface area contributed by atoms with Gasteiger partial charge in [-0.1, -0.05) is 6.07 Å². The fourth-order valence-electron chi connectivity index (χ4n) is 3.09. The Morgan fingerprint density at radius 1 is 0.882 bits per heavy atom. The lowest BCUT2D eigenvalue weighted by Gasteiger charge is -2.08. The molecule has 4 aromatic rings. The van der Waals surface area contributed by atoms with Crippen molar-refractivity contribution in [2.45, 2.75) is 13.5 Å². The molecule has 0 saturated carbocycles. The highest BCUT2D eigenvalue weighted by molar-refractivity contribution is 6.05. The van der Waals surface area contributed by atoms with Crippen LogP contribution in [-0.2, 0) is 11.4 Å². The summed E-state index contributed by atoms with van der Waals surface area (Å²) in [6.07, 6.45) is 0. The Morgan fingerprint density at radius 3 is 2.32 bits per heavy atom. The molecule has 0 atom stereocenters. The molecule has 3 aromatic carbocycles. The summed E-state index contributed by atoms with van der Waals surface area (Å²) in [6, 6.07) is 20.9. The van der Waals surface area contributed by atoms with Crippen LogP contribution in [0.4, 0.5) is 11.4 Å². The van der Waals surface area contributed by atoms with E-state index in [-0.39, 0.29) is 18.4 Å². The van der Waals surface area contributed by atoms with Gasteiger partial charge in [0.25, 0.3) is 11.8 Å². The van der Waals surface area contributed by atoms with E-state index in [1.807, 2.05) is 24.3 Å². The third-order valence-electron chi connectivity index (χ3n) is 4.72. The molecule has 1 aromatic heterocycles. The fourth-order valence-corrected chi connectivity index (χ4v) is 3.09. The van der Waals surface area contributed by atoms with E-state index < -0.39 is 0 Å². The molecule has 0 aliphatic carbocycles. The number of rotatable bonds is 8. The molecular formula is C25H22N4O5. The summed E-state index contributed by atoms with van der Waals surface area (Å²) in [4.78, 5) is 23.7. The van der Waals surface area contributed by atoms with Crippen molar-refractivity contribution < 1.29 is 23.5 Å². The number of amides is 2. The lowest BCUT2D eigenvalue weighted by Crippen LogP contribution is -2.13. The van der Waals surface area contributed by atoms with Gasteiger partial charge in [-0.05, 0) is 66.7 Å². The highest BCUT2D eigenvalue weighted by Gasteiger charge is 2.10. The molecule has 172 valence electrons. The first-order valence-corrected chi connectivity index (χ1v) is 10.4. The van der Waals surface area contributed by atoms with Crippen LogP contribution >= 0.6 is 0 Å². The van der Waals surface area contributed by atoms with E-state index in [2.05, 4.69) is 20.8 Å². The Hall–Kier alpha value is -4.66. The number of anilines is 2. The van der Waals surface area contributed by atoms with Crippen molar-refractivity contribution >= 4 is 23.2 Å². The van der Waals surface area contributed by atoms with Crippen LogP contribution in [0, 0.1) is 0 Å². The molecule has 4 rings (SSSR count). The van der Waals surface area contributed by atoms with Crippen LogP contribution in [0.2, 0.25) is 0 Å². The third kappa shape index (κ3) is 5.77. The minimum Gasteiger partial charge on any atom is -0.497 e. The van der Waals surface area contributed by atoms with Crippen molar-refractivity contribution in [1.29, 1.82) is 0 Å². The van der Waals surface area contributed by atoms with Crippen LogP contribution in [0.3, 0.4) is 0 Å². The van der Waals surface area contributed by atoms with Crippen LogP contribution in [-0.4, -0.2) is 29.1 Å². The molecule has 0 unspecified atom stereocenters. The second-order valence-electron chi connectivity index (χ2n) is 7.26. The highest BCUT2D eigenvalue weighted by atomic mass is 16.5. The zero-order valence-corrected chi connectivity index (χ0v) is 18.6. The Morgan fingerprint density at radius 2 is 1.62 bits per heavy atom. The number of methoxy groups -OCH3 is 1. The standard InChI is InChI=1S/C25H22N4O5/c1-16(30)26-20-5-3-4-18(14-20)24(31)27-19-8-12-22(13-9-19)33-15-23-28-29-25(34-23)17-6-10-21(32-2)11-7-17/h3-14H,15H2,1-2H3,(H,26,30)(H,27,31). The van der Waals surface area contributed by atoms with Gasteiger partial charge in [0.2, 0.25) is 11.8 Å². The van der Waals surface area contributed by atoms with Crippen molar-refractivity contribution in [3.8, 4) is 23.0 Å². The number of hydrogen-bond acceptors (Lipinski definition) is 7. The van der Waals surface area contributed by atoms with Crippen LogP contribution < -0.4 is 20.1 Å². The Bertz CT molecular complexity index is 1280. The number of aromatic nitrogens is 2. The Balaban J connectivity index is 1.32. The predicted molar refractivity (Wildman–Crippen MR) is 126 cm³/mol. The molecule has 9 nitrogen and oxygen atoms in total. The van der Waals surface area contributed by atoms with Gasteiger partial charge in [-0.2, -0.15) is 0 Å². The van der Waals surface area contributed by atoms with Crippen LogP contribution in [0.1, 0.15) is 23.2 Å². The Labute approximate surface area is 195 Å². The molecule has 9 heteroatoms. The largest absolute Gasteiger partial charge is 0.497 e. The number of carbonyl (C=O) groups excluding carboxylic acids is 2. The van der Waals surface area contributed by atoms with Gasteiger partial charge in [-0.15, -0.1) is 10.2 Å². The molecule has 0 fully saturated rings. The van der Waals surface area contributed by atoms with Crippen molar-refractivity contribution in [2.24, 2.45) is 0 Å². The normalized spacial score (nSPS) is 10.4. The second-order valence-corrected chi connectivity index (χ2v) is 7.26. The van der Waals surface area contributed by atoms with Gasteiger partial charge >= 0.3 is 0 Å². The number of nitrogens with zero attached hydrogens (tertiary/aromatic N) is 2. The Kier molecular flexibility index (Phi) is 6.83. The summed E-state index contributed by atoms with van der Waals surface area (Å²) in [5.74, 6) is 1.55. The van der Waals surface area contributed by atoms with Crippen molar-refractivity contribution in [1.82, 2.24) is 10.2 Å². The van der Waals surface area contributed by atoms with E-state index in [1.54, 1.807) is 55.6 Å². The molecule has 0 aliphatic rings. The van der Waals surface area contributed by atoms with Gasteiger partial charge in [-0.3, -0.25) is 9.59 Å². The molecule has 2 amide bonds. The smallest absolute Gasteiger partial charge is 0.255 e. The van der Waals surface area contributed by atoms with E-state index in [4.69, 9.17) is 13.9 Å². The van der Waals surface area contributed by atoms with Gasteiger partial charge in [0, 0.05) is 29.4 Å². The molecule has 2 N–H and O–H groups in total. The molecule has 0 aliphatic heterocycles. The molecular weight excluding hydrogens is 436 g/mol. The average Bonchev–Trinajstić information content (AvgIpc) is 3.32. The number of hydrogen-bond donors (Lipinski definition) is 2. The first-order valence-electron chi connectivity index (χ1n) is 10.4. The summed E-state index contributed by atoms with van der Waals surface area (Å²) in [7, 11) is 1.60. The summed E-state index contributed by atoms with van der Waals surface area (Å²) in [5.41, 5.74) is 2.36. The maximum Gasteiger partial charge on any atom is 0.255 e. The summed E-state index contributed by atoms with van der Waals surface area (Å²) in [6.45, 7) is 1.51. The van der Waals surface area contributed by atoms with Crippen molar-refractivity contribution in [3.63, 3.8) is 0 Å². The maximum atomic E-state index is 12.5. The molecule has 1 heterocycles. The van der Waals surface area contributed by atoms with Gasteiger partial charge in [0.15, 0.2) is 6.61 Å². The number of benzene rings is 3. The van der Waals surface area contributed by atoms with Crippen LogP contribution in [0.15, 0.2) is 77.2 Å². The molecule has 0 saturated heterocycles. The minimum absolute atomic E-state index is 0.102. The van der Waals surface area contributed by atoms with E-state index >= 15 is 0 Å². The zero-order valence-electron chi connectivity index (χ0n) is 18.6. The van der Waals surface area contributed by atoms with E-state index in [0.717, 1.165) is 11.3 Å². The van der Waals surface area contributed by atoms with Crippen molar-refractivity contribution in [3.05, 3.63) is 84.3 Å². The summed E-state index contributed by atoms with van der Waals surface area (Å²) < 4.78 is 16.5. The quantitative estimate of drug-likeness (QED) is 0.398. The van der Waals surface area contributed by atoms with Crippen LogP contribution in [0.25, 0.3) is 11.5 Å². The van der Waals surface area contributed by atoms with E-state index in [9.17, 15) is 9.59 Å². The maximum absolute atomic E-state index is 12.5. The SMILES string of the molecule is COc1ccc(-c2nnc(COc3ccc(NC(=O)c4cccc(NC(C)=O)c4)cc3)o2)cc1. The lowest BCUT2D eigenvalue weighted by molar-refractivity contribution is -0.114. The topological polar surface area (TPSA) is 116 Å². The predicted octanol–water partition coefficient (Wildman–Crippen LogP) is 4.53. The zero-order chi connectivity index (χ0) is 23.9. The van der Waals surface area contributed by atoms with Gasteiger partial charge in [-0.25, -0.2) is 0 Å². The monoisotopic (exact) mass is 458 g/mol. The van der Waals surface area contributed by atoms with Crippen molar-refractivity contribution in [2.75, 3.05) is 17.7 Å². The summed E-state index contributed by atoms with van der Waals surface area (Å²) in [5, 5.41) is 13.5. The first-order chi connectivity index (χ1) is 16.5. The van der Waals surface area contributed by atoms with Gasteiger partial charge in [0.1, 0.15) is 11.5 Å². The second kappa shape index (κ2) is 10.3. The molecule has 0 radical (unpaired) electrons. The summed E-state index contributed by atoms with van der Waals surface area (Å²) >= 11 is 0. The lowest BCUT2D eigenvalue weighted by atomic mass is 10.2. The molecule has 34 heavy (non-hydrogen) atoms. The van der Waals surface area contributed by atoms with Crippen LogP contribution in [0.5, 0.6) is 11.5 Å². The molecule has 0 spiro atoms. The van der Waals surface area contributed by atoms with Gasteiger partial charge in [0.05, 0.1) is 7.11 Å². The van der Waals surface area contributed by atoms with E-state index in [1.165, 1.54) is 6.92 Å². The third-order valence-corrected chi connectivity index (χ3v) is 4.72. The fraction of sp³-hybridized carbons (Fsp3) is 0.120. The molecule has 0 bridgehead atoms. The minimum atomic E-state index is -0.294. The van der Waals surface area contributed by atoms with Gasteiger partial charge < -0.3 is 24.5 Å². The number of carbonyl (C=O) groups is 2.